The van der Waals surface area contributed by atoms with Crippen molar-refractivity contribution in [3.8, 4) is 0 Å². The molecular formula is C12H24O2. The Bertz CT molecular complexity index is 152. The van der Waals surface area contributed by atoms with E-state index in [-0.39, 0.29) is 5.97 Å². The van der Waals surface area contributed by atoms with Gasteiger partial charge in [-0.15, -0.1) is 0 Å². The van der Waals surface area contributed by atoms with Gasteiger partial charge in [-0.25, -0.2) is 0 Å². The van der Waals surface area contributed by atoms with Crippen molar-refractivity contribution < 1.29 is 9.53 Å². The molecule has 0 bridgehead atoms. The molecule has 0 aromatic heterocycles. The normalized spacial score (nSPS) is 12.9. The summed E-state index contributed by atoms with van der Waals surface area (Å²) in [5.41, 5.74) is 0. The molecule has 0 fully saturated rings. The highest BCUT2D eigenvalue weighted by molar-refractivity contribution is 5.65. The predicted molar refractivity (Wildman–Crippen MR) is 59.1 cm³/mol. The molecule has 0 saturated carbocycles. The SMILES string of the molecule is CCCCC(CCOC(C)=O)C(C)C. The van der Waals surface area contributed by atoms with Crippen LogP contribution in [-0.4, -0.2) is 12.6 Å². The van der Waals surface area contributed by atoms with Crippen LogP contribution >= 0.6 is 0 Å². The highest BCUT2D eigenvalue weighted by Crippen LogP contribution is 2.21. The summed E-state index contributed by atoms with van der Waals surface area (Å²) in [7, 11) is 0. The number of carbonyl (C=O) groups is 1. The molecule has 0 aliphatic carbocycles. The number of rotatable bonds is 7. The average molecular weight is 200 g/mol. The van der Waals surface area contributed by atoms with Crippen molar-refractivity contribution in [2.75, 3.05) is 6.61 Å². The van der Waals surface area contributed by atoms with E-state index in [1.54, 1.807) is 0 Å². The van der Waals surface area contributed by atoms with Crippen LogP contribution in [0.5, 0.6) is 0 Å². The molecule has 0 aromatic carbocycles. The van der Waals surface area contributed by atoms with Crippen molar-refractivity contribution >= 4 is 5.97 Å². The summed E-state index contributed by atoms with van der Waals surface area (Å²) in [6.07, 6.45) is 4.80. The van der Waals surface area contributed by atoms with E-state index < -0.39 is 0 Å². The quantitative estimate of drug-likeness (QED) is 0.589. The first-order chi connectivity index (χ1) is 6.57. The van der Waals surface area contributed by atoms with Gasteiger partial charge in [-0.1, -0.05) is 40.0 Å². The molecule has 0 rings (SSSR count). The lowest BCUT2D eigenvalue weighted by Gasteiger charge is -2.20. The summed E-state index contributed by atoms with van der Waals surface area (Å²) in [5.74, 6) is 1.23. The van der Waals surface area contributed by atoms with Crippen LogP contribution in [-0.2, 0) is 9.53 Å². The second kappa shape index (κ2) is 7.84. The van der Waals surface area contributed by atoms with E-state index in [1.165, 1.54) is 26.2 Å². The number of esters is 1. The molecule has 0 N–H and O–H groups in total. The van der Waals surface area contributed by atoms with E-state index in [9.17, 15) is 4.79 Å². The fraction of sp³-hybridized carbons (Fsp3) is 0.917. The van der Waals surface area contributed by atoms with Crippen molar-refractivity contribution in [3.05, 3.63) is 0 Å². The van der Waals surface area contributed by atoms with Crippen molar-refractivity contribution in [3.63, 3.8) is 0 Å². The number of hydrogen-bond donors (Lipinski definition) is 0. The lowest BCUT2D eigenvalue weighted by molar-refractivity contribution is -0.141. The van der Waals surface area contributed by atoms with Gasteiger partial charge in [-0.3, -0.25) is 4.79 Å². The molecule has 0 spiro atoms. The zero-order valence-electron chi connectivity index (χ0n) is 10.0. The average Bonchev–Trinajstić information content (AvgIpc) is 2.09. The van der Waals surface area contributed by atoms with Gasteiger partial charge >= 0.3 is 5.97 Å². The Morgan fingerprint density at radius 1 is 1.29 bits per heavy atom. The topological polar surface area (TPSA) is 26.3 Å². The van der Waals surface area contributed by atoms with Crippen LogP contribution in [0.15, 0.2) is 0 Å². The fourth-order valence-corrected chi connectivity index (χ4v) is 1.63. The number of hydrogen-bond acceptors (Lipinski definition) is 2. The highest BCUT2D eigenvalue weighted by Gasteiger charge is 2.12. The molecule has 0 aromatic rings. The Kier molecular flexibility index (Phi) is 7.54. The Labute approximate surface area is 88.0 Å². The fourth-order valence-electron chi connectivity index (χ4n) is 1.63. The zero-order valence-corrected chi connectivity index (χ0v) is 10.0. The Morgan fingerprint density at radius 3 is 2.36 bits per heavy atom. The van der Waals surface area contributed by atoms with E-state index in [1.807, 2.05) is 0 Å². The van der Waals surface area contributed by atoms with Gasteiger partial charge in [0.2, 0.25) is 0 Å². The molecule has 14 heavy (non-hydrogen) atoms. The van der Waals surface area contributed by atoms with Gasteiger partial charge in [-0.05, 0) is 18.3 Å². The smallest absolute Gasteiger partial charge is 0.302 e. The van der Waals surface area contributed by atoms with Gasteiger partial charge in [0, 0.05) is 6.92 Å². The van der Waals surface area contributed by atoms with Crippen molar-refractivity contribution in [2.24, 2.45) is 11.8 Å². The monoisotopic (exact) mass is 200 g/mol. The lowest BCUT2D eigenvalue weighted by Crippen LogP contribution is -2.13. The Morgan fingerprint density at radius 2 is 1.93 bits per heavy atom. The molecule has 1 unspecified atom stereocenters. The van der Waals surface area contributed by atoms with Crippen LogP contribution in [0.25, 0.3) is 0 Å². The lowest BCUT2D eigenvalue weighted by atomic mass is 9.88. The first kappa shape index (κ1) is 13.5. The van der Waals surface area contributed by atoms with Crippen LogP contribution in [0.2, 0.25) is 0 Å². The maximum absolute atomic E-state index is 10.6. The molecule has 0 aliphatic rings. The van der Waals surface area contributed by atoms with Gasteiger partial charge in [0.05, 0.1) is 6.61 Å². The molecule has 84 valence electrons. The minimum atomic E-state index is -0.164. The summed E-state index contributed by atoms with van der Waals surface area (Å²) < 4.78 is 4.96. The van der Waals surface area contributed by atoms with Gasteiger partial charge in [0.15, 0.2) is 0 Å². The van der Waals surface area contributed by atoms with Gasteiger partial charge < -0.3 is 4.74 Å². The van der Waals surface area contributed by atoms with E-state index in [0.29, 0.717) is 18.4 Å². The molecule has 0 saturated heterocycles. The van der Waals surface area contributed by atoms with E-state index in [0.717, 1.165) is 6.42 Å². The van der Waals surface area contributed by atoms with Crippen molar-refractivity contribution in [1.82, 2.24) is 0 Å². The van der Waals surface area contributed by atoms with Gasteiger partial charge in [-0.2, -0.15) is 0 Å². The maximum atomic E-state index is 10.6. The van der Waals surface area contributed by atoms with E-state index in [4.69, 9.17) is 4.74 Å². The third-order valence-electron chi connectivity index (χ3n) is 2.67. The molecular weight excluding hydrogens is 176 g/mol. The summed E-state index contributed by atoms with van der Waals surface area (Å²) in [6.45, 7) is 8.75. The largest absolute Gasteiger partial charge is 0.466 e. The third kappa shape index (κ3) is 6.93. The highest BCUT2D eigenvalue weighted by atomic mass is 16.5. The molecule has 1 atom stereocenters. The second-order valence-corrected chi connectivity index (χ2v) is 4.28. The number of carbonyl (C=O) groups excluding carboxylic acids is 1. The van der Waals surface area contributed by atoms with Gasteiger partial charge in [0.1, 0.15) is 0 Å². The Hall–Kier alpha value is -0.530. The van der Waals surface area contributed by atoms with Crippen molar-refractivity contribution in [1.29, 1.82) is 0 Å². The zero-order chi connectivity index (χ0) is 11.0. The molecule has 0 amide bonds. The molecule has 2 heteroatoms. The maximum Gasteiger partial charge on any atom is 0.302 e. The van der Waals surface area contributed by atoms with E-state index in [2.05, 4.69) is 20.8 Å². The van der Waals surface area contributed by atoms with Crippen LogP contribution in [0.3, 0.4) is 0 Å². The molecule has 0 radical (unpaired) electrons. The summed E-state index contributed by atoms with van der Waals surface area (Å²) in [6, 6.07) is 0. The number of unbranched alkanes of at least 4 members (excludes halogenated alkanes) is 1. The van der Waals surface area contributed by atoms with Crippen LogP contribution in [0, 0.1) is 11.8 Å². The van der Waals surface area contributed by atoms with Crippen LogP contribution in [0.4, 0.5) is 0 Å². The Balaban J connectivity index is 3.67. The number of ether oxygens (including phenoxy) is 1. The summed E-state index contributed by atoms with van der Waals surface area (Å²) >= 11 is 0. The molecule has 0 aliphatic heterocycles. The van der Waals surface area contributed by atoms with Crippen LogP contribution < -0.4 is 0 Å². The van der Waals surface area contributed by atoms with E-state index >= 15 is 0 Å². The minimum absolute atomic E-state index is 0.164. The van der Waals surface area contributed by atoms with Crippen LogP contribution in [0.1, 0.15) is 53.4 Å². The molecule has 2 nitrogen and oxygen atoms in total. The first-order valence-corrected chi connectivity index (χ1v) is 5.71. The standard InChI is InChI=1S/C12H24O2/c1-5-6-7-12(10(2)3)8-9-14-11(4)13/h10,12H,5-9H2,1-4H3. The predicted octanol–water partition coefficient (Wildman–Crippen LogP) is 3.40. The first-order valence-electron chi connectivity index (χ1n) is 5.71. The third-order valence-corrected chi connectivity index (χ3v) is 2.67. The van der Waals surface area contributed by atoms with Gasteiger partial charge in [0.25, 0.3) is 0 Å². The summed E-state index contributed by atoms with van der Waals surface area (Å²) in [4.78, 5) is 10.6. The second-order valence-electron chi connectivity index (χ2n) is 4.28. The minimum Gasteiger partial charge on any atom is -0.466 e. The van der Waals surface area contributed by atoms with Crippen molar-refractivity contribution in [2.45, 2.75) is 53.4 Å². The summed E-state index contributed by atoms with van der Waals surface area (Å²) in [5, 5.41) is 0. The molecule has 0 heterocycles.